The molecule has 1 atom stereocenters. The van der Waals surface area contributed by atoms with Crippen molar-refractivity contribution in [2.45, 2.75) is 46.0 Å². The van der Waals surface area contributed by atoms with Crippen molar-refractivity contribution in [3.8, 4) is 0 Å². The van der Waals surface area contributed by atoms with Gasteiger partial charge in [0.05, 0.1) is 21.4 Å². The lowest BCUT2D eigenvalue weighted by Gasteiger charge is -2.21. The minimum atomic E-state index is -0.00262. The summed E-state index contributed by atoms with van der Waals surface area (Å²) in [6.45, 7) is 6.55. The third-order valence-electron chi connectivity index (χ3n) is 3.80. The molecule has 3 rings (SSSR count). The Morgan fingerprint density at radius 2 is 2.00 bits per heavy atom. The van der Waals surface area contributed by atoms with E-state index in [1.54, 1.807) is 11.3 Å². The van der Waals surface area contributed by atoms with E-state index in [-0.39, 0.29) is 5.91 Å². The Hall–Kier alpha value is -1.27. The number of carbonyl (C=O) groups excluding carboxylic acids is 1. The van der Waals surface area contributed by atoms with E-state index in [0.29, 0.717) is 12.5 Å². The summed E-state index contributed by atoms with van der Waals surface area (Å²) in [5.74, 6) is 0.356. The van der Waals surface area contributed by atoms with Crippen molar-refractivity contribution in [1.82, 2.24) is 15.3 Å². The van der Waals surface area contributed by atoms with Crippen molar-refractivity contribution in [3.63, 3.8) is 0 Å². The highest BCUT2D eigenvalue weighted by Gasteiger charge is 2.25. The van der Waals surface area contributed by atoms with Crippen LogP contribution in [-0.2, 0) is 6.42 Å². The average Bonchev–Trinajstić information content (AvgIpc) is 2.97. The summed E-state index contributed by atoms with van der Waals surface area (Å²) in [5.41, 5.74) is 2.03. The molecule has 2 aromatic rings. The molecule has 21 heavy (non-hydrogen) atoms. The van der Waals surface area contributed by atoms with Crippen LogP contribution in [0, 0.1) is 20.8 Å². The molecular weight excluding hydrogens is 302 g/mol. The molecule has 1 amide bonds. The summed E-state index contributed by atoms with van der Waals surface area (Å²) in [7, 11) is 0. The van der Waals surface area contributed by atoms with Gasteiger partial charge in [0.2, 0.25) is 0 Å². The van der Waals surface area contributed by atoms with Crippen LogP contribution in [0.3, 0.4) is 0 Å². The topological polar surface area (TPSA) is 54.9 Å². The quantitative estimate of drug-likeness (QED) is 0.943. The summed E-state index contributed by atoms with van der Waals surface area (Å²) in [4.78, 5) is 23.4. The molecule has 0 radical (unpaired) electrons. The molecule has 0 unspecified atom stereocenters. The summed E-state index contributed by atoms with van der Waals surface area (Å²) < 4.78 is 0. The Balaban J connectivity index is 1.68. The molecule has 1 aliphatic rings. The molecule has 2 aromatic heterocycles. The second kappa shape index (κ2) is 5.85. The van der Waals surface area contributed by atoms with Crippen molar-refractivity contribution in [2.24, 2.45) is 0 Å². The second-order valence-electron chi connectivity index (χ2n) is 5.49. The predicted molar refractivity (Wildman–Crippen MR) is 86.5 cm³/mol. The van der Waals surface area contributed by atoms with Gasteiger partial charge in [0.1, 0.15) is 4.88 Å². The Labute approximate surface area is 132 Å². The van der Waals surface area contributed by atoms with Gasteiger partial charge < -0.3 is 5.32 Å². The summed E-state index contributed by atoms with van der Waals surface area (Å²) >= 11 is 3.26. The highest BCUT2D eigenvalue weighted by atomic mass is 32.1. The van der Waals surface area contributed by atoms with Crippen molar-refractivity contribution in [3.05, 3.63) is 31.2 Å². The van der Waals surface area contributed by atoms with Crippen LogP contribution in [0.1, 0.15) is 54.7 Å². The standard InChI is InChI=1S/C15H19N3OS2/c1-8-14(21-9(2)17-8)15(19)16-7-11-5-4-6-12-13(11)18-10(3)20-12/h11H,4-7H2,1-3H3,(H,16,19)/t11-/m0/s1. The van der Waals surface area contributed by atoms with E-state index >= 15 is 0 Å². The molecule has 112 valence electrons. The molecule has 1 N–H and O–H groups in total. The van der Waals surface area contributed by atoms with Gasteiger partial charge in [0.25, 0.3) is 5.91 Å². The van der Waals surface area contributed by atoms with Crippen LogP contribution in [0.2, 0.25) is 0 Å². The molecule has 2 heterocycles. The molecule has 4 nitrogen and oxygen atoms in total. The molecule has 0 fully saturated rings. The predicted octanol–water partition coefficient (Wildman–Crippen LogP) is 3.37. The van der Waals surface area contributed by atoms with E-state index in [9.17, 15) is 4.79 Å². The number of hydrogen-bond donors (Lipinski definition) is 1. The lowest BCUT2D eigenvalue weighted by atomic mass is 9.91. The van der Waals surface area contributed by atoms with E-state index < -0.39 is 0 Å². The van der Waals surface area contributed by atoms with E-state index in [4.69, 9.17) is 0 Å². The maximum atomic E-state index is 12.3. The molecule has 0 saturated heterocycles. The molecule has 0 spiro atoms. The first-order valence-corrected chi connectivity index (χ1v) is 8.86. The first-order valence-electron chi connectivity index (χ1n) is 7.23. The van der Waals surface area contributed by atoms with Crippen molar-refractivity contribution in [1.29, 1.82) is 0 Å². The number of rotatable bonds is 3. The van der Waals surface area contributed by atoms with E-state index in [0.717, 1.165) is 33.4 Å². The third kappa shape index (κ3) is 3.01. The molecule has 0 aromatic carbocycles. The van der Waals surface area contributed by atoms with Gasteiger partial charge in [0, 0.05) is 17.3 Å². The summed E-state index contributed by atoms with van der Waals surface area (Å²) in [6, 6.07) is 0. The second-order valence-corrected chi connectivity index (χ2v) is 7.98. The summed E-state index contributed by atoms with van der Waals surface area (Å²) in [6.07, 6.45) is 3.43. The number of nitrogens with one attached hydrogen (secondary N) is 1. The highest BCUT2D eigenvalue weighted by molar-refractivity contribution is 7.13. The minimum absolute atomic E-state index is 0.00262. The number of carbonyl (C=O) groups is 1. The molecule has 6 heteroatoms. The molecule has 1 aliphatic carbocycles. The zero-order valence-corrected chi connectivity index (χ0v) is 14.2. The lowest BCUT2D eigenvalue weighted by Crippen LogP contribution is -2.29. The SMILES string of the molecule is Cc1nc2c(s1)CCC[C@H]2CNC(=O)c1sc(C)nc1C. The van der Waals surface area contributed by atoms with Crippen LogP contribution >= 0.6 is 22.7 Å². The Morgan fingerprint density at radius 1 is 1.24 bits per heavy atom. The van der Waals surface area contributed by atoms with Gasteiger partial charge in [-0.15, -0.1) is 22.7 Å². The van der Waals surface area contributed by atoms with Gasteiger partial charge in [-0.2, -0.15) is 0 Å². The first kappa shape index (κ1) is 14.7. The number of aryl methyl sites for hydroxylation is 4. The zero-order chi connectivity index (χ0) is 15.0. The number of amides is 1. The van der Waals surface area contributed by atoms with Gasteiger partial charge >= 0.3 is 0 Å². The Morgan fingerprint density at radius 3 is 2.71 bits per heavy atom. The van der Waals surface area contributed by atoms with Crippen LogP contribution < -0.4 is 5.32 Å². The van der Waals surface area contributed by atoms with Gasteiger partial charge in [-0.3, -0.25) is 4.79 Å². The van der Waals surface area contributed by atoms with Crippen LogP contribution in [0.5, 0.6) is 0 Å². The van der Waals surface area contributed by atoms with E-state index in [2.05, 4.69) is 22.2 Å². The molecule has 0 aliphatic heterocycles. The van der Waals surface area contributed by atoms with Crippen molar-refractivity contribution in [2.75, 3.05) is 6.54 Å². The van der Waals surface area contributed by atoms with Crippen molar-refractivity contribution < 1.29 is 4.79 Å². The van der Waals surface area contributed by atoms with Crippen molar-refractivity contribution >= 4 is 28.6 Å². The molecule has 0 saturated carbocycles. The fraction of sp³-hybridized carbons (Fsp3) is 0.533. The highest BCUT2D eigenvalue weighted by Crippen LogP contribution is 2.34. The maximum Gasteiger partial charge on any atom is 0.263 e. The number of hydrogen-bond acceptors (Lipinski definition) is 5. The molecule has 0 bridgehead atoms. The van der Waals surface area contributed by atoms with Crippen LogP contribution in [0.4, 0.5) is 0 Å². The maximum absolute atomic E-state index is 12.3. The Kier molecular flexibility index (Phi) is 4.08. The monoisotopic (exact) mass is 321 g/mol. The largest absolute Gasteiger partial charge is 0.351 e. The average molecular weight is 321 g/mol. The van der Waals surface area contributed by atoms with Gasteiger partial charge in [-0.25, -0.2) is 9.97 Å². The van der Waals surface area contributed by atoms with E-state index in [1.807, 2.05) is 13.8 Å². The molecular formula is C15H19N3OS2. The minimum Gasteiger partial charge on any atom is -0.351 e. The fourth-order valence-electron chi connectivity index (χ4n) is 2.87. The van der Waals surface area contributed by atoms with Crippen LogP contribution in [0.25, 0.3) is 0 Å². The fourth-order valence-corrected chi connectivity index (χ4v) is 4.77. The van der Waals surface area contributed by atoms with Gasteiger partial charge in [-0.1, -0.05) is 0 Å². The number of fused-ring (bicyclic) bond motifs is 1. The third-order valence-corrected chi connectivity index (χ3v) is 5.91. The summed E-state index contributed by atoms with van der Waals surface area (Å²) in [5, 5.41) is 5.14. The van der Waals surface area contributed by atoms with Crippen LogP contribution in [0.15, 0.2) is 0 Å². The smallest absolute Gasteiger partial charge is 0.263 e. The number of nitrogens with zero attached hydrogens (tertiary/aromatic N) is 2. The normalized spacial score (nSPS) is 17.6. The Bertz CT molecular complexity index is 675. The number of aromatic nitrogens is 2. The first-order chi connectivity index (χ1) is 10.0. The van der Waals surface area contributed by atoms with Gasteiger partial charge in [-0.05, 0) is 40.0 Å². The van der Waals surface area contributed by atoms with Crippen LogP contribution in [-0.4, -0.2) is 22.4 Å². The number of thiazole rings is 2. The van der Waals surface area contributed by atoms with E-state index in [1.165, 1.54) is 28.3 Å². The lowest BCUT2D eigenvalue weighted by molar-refractivity contribution is 0.0953. The van der Waals surface area contributed by atoms with Gasteiger partial charge in [0.15, 0.2) is 0 Å². The zero-order valence-electron chi connectivity index (χ0n) is 12.5.